The van der Waals surface area contributed by atoms with Crippen molar-refractivity contribution in [3.8, 4) is 0 Å². The summed E-state index contributed by atoms with van der Waals surface area (Å²) in [5.41, 5.74) is -8.61. The van der Waals surface area contributed by atoms with Gasteiger partial charge in [-0.3, -0.25) is 9.59 Å². The number of carbonyl (C=O) groups is 2. The minimum absolute atomic E-state index is 0.0626. The van der Waals surface area contributed by atoms with Gasteiger partial charge in [0.15, 0.2) is 9.84 Å². The molecule has 44 heavy (non-hydrogen) atoms. The molecule has 2 aromatic carbocycles. The summed E-state index contributed by atoms with van der Waals surface area (Å²) in [5.74, 6) is -1.96. The molecule has 1 saturated carbocycles. The first-order valence-corrected chi connectivity index (χ1v) is 15.6. The Labute approximate surface area is 249 Å². The molecule has 1 aliphatic heterocycles. The van der Waals surface area contributed by atoms with E-state index in [-0.39, 0.29) is 73.4 Å². The van der Waals surface area contributed by atoms with Crippen LogP contribution in [0.2, 0.25) is 0 Å². The van der Waals surface area contributed by atoms with Gasteiger partial charge < -0.3 is 10.0 Å². The predicted octanol–water partition coefficient (Wildman–Crippen LogP) is 6.47. The molecule has 2 atom stereocenters. The van der Waals surface area contributed by atoms with Gasteiger partial charge in [0.25, 0.3) is 0 Å². The molecule has 0 aromatic heterocycles. The zero-order chi connectivity index (χ0) is 32.5. The summed E-state index contributed by atoms with van der Waals surface area (Å²) in [6.45, 7) is 1.63. The number of hydrogen-bond acceptors (Lipinski definition) is 4. The van der Waals surface area contributed by atoms with Gasteiger partial charge in [-0.05, 0) is 68.2 Å². The van der Waals surface area contributed by atoms with Gasteiger partial charge in [0.2, 0.25) is 5.91 Å². The SMILES string of the molecule is CC1(C(=O)N2CC[C@]3(S(=O)(=O)c4ccccc4)c4ccc(C(F)(C(F)(F)F)C(F)(F)F)cc4CC[C@H]23)CCC(C(=O)O)CC1. The molecule has 3 aliphatic rings. The smallest absolute Gasteiger partial charge is 0.435 e. The van der Waals surface area contributed by atoms with E-state index in [1.807, 2.05) is 0 Å². The summed E-state index contributed by atoms with van der Waals surface area (Å²) in [6, 6.07) is 7.75. The van der Waals surface area contributed by atoms with Crippen LogP contribution in [0.3, 0.4) is 0 Å². The van der Waals surface area contributed by atoms with E-state index in [9.17, 15) is 49.5 Å². The van der Waals surface area contributed by atoms with Gasteiger partial charge in [0, 0.05) is 17.5 Å². The summed E-state index contributed by atoms with van der Waals surface area (Å²) in [5, 5.41) is 9.39. The zero-order valence-corrected chi connectivity index (χ0v) is 24.3. The standard InChI is InChI=1S/C30H30F7NO5S/c1-26(13-11-18(12-14-26)24(39)40)25(41)38-16-15-27(44(42,43)21-5-3-2-4-6-21)22-9-8-20(17-19(22)7-10-23(27)38)28(31,29(32,33)34)30(35,36)37/h2-6,8-9,17-18,23H,7,10-16H2,1H3,(H,39,40)/t18?,23-,26?,27-/m0/s1. The molecule has 1 amide bonds. The quantitative estimate of drug-likeness (QED) is 0.375. The third kappa shape index (κ3) is 4.61. The third-order valence-corrected chi connectivity index (χ3v) is 12.4. The van der Waals surface area contributed by atoms with Gasteiger partial charge in [0.1, 0.15) is 4.75 Å². The number of nitrogens with zero attached hydrogens (tertiary/aromatic N) is 1. The van der Waals surface area contributed by atoms with Crippen LogP contribution in [0.4, 0.5) is 30.7 Å². The number of carbonyl (C=O) groups excluding carboxylic acids is 1. The number of carboxylic acids is 1. The van der Waals surface area contributed by atoms with Gasteiger partial charge in [-0.2, -0.15) is 26.3 Å². The highest BCUT2D eigenvalue weighted by Crippen LogP contribution is 2.57. The zero-order valence-electron chi connectivity index (χ0n) is 23.5. The Morgan fingerprint density at radius 1 is 0.886 bits per heavy atom. The van der Waals surface area contributed by atoms with Gasteiger partial charge in [-0.15, -0.1) is 0 Å². The summed E-state index contributed by atoms with van der Waals surface area (Å²) in [7, 11) is -4.43. The van der Waals surface area contributed by atoms with E-state index in [2.05, 4.69) is 0 Å². The lowest BCUT2D eigenvalue weighted by molar-refractivity contribution is -0.348. The van der Waals surface area contributed by atoms with Crippen molar-refractivity contribution < 1.29 is 53.8 Å². The molecule has 1 N–H and O–H groups in total. The van der Waals surface area contributed by atoms with Crippen molar-refractivity contribution in [1.29, 1.82) is 0 Å². The Balaban J connectivity index is 1.63. The lowest BCUT2D eigenvalue weighted by atomic mass is 9.70. The number of benzene rings is 2. The lowest BCUT2D eigenvalue weighted by Gasteiger charge is -2.45. The number of halogens is 7. The monoisotopic (exact) mass is 649 g/mol. The summed E-state index contributed by atoms with van der Waals surface area (Å²) in [4.78, 5) is 26.8. The molecule has 6 nitrogen and oxygen atoms in total. The van der Waals surface area contributed by atoms with Crippen molar-refractivity contribution in [1.82, 2.24) is 4.90 Å². The van der Waals surface area contributed by atoms with Gasteiger partial charge in [-0.25, -0.2) is 12.8 Å². The molecule has 0 unspecified atom stereocenters. The van der Waals surface area contributed by atoms with Crippen molar-refractivity contribution in [3.63, 3.8) is 0 Å². The highest BCUT2D eigenvalue weighted by atomic mass is 32.2. The van der Waals surface area contributed by atoms with Crippen LogP contribution in [0.1, 0.15) is 62.1 Å². The molecule has 0 spiro atoms. The second kappa shape index (κ2) is 10.4. The first kappa shape index (κ1) is 32.2. The molecule has 1 saturated heterocycles. The highest BCUT2D eigenvalue weighted by Gasteiger charge is 2.74. The maximum Gasteiger partial charge on any atom is 0.435 e. The van der Waals surface area contributed by atoms with E-state index in [0.717, 1.165) is 6.07 Å². The molecule has 2 aromatic rings. The average Bonchev–Trinajstić information content (AvgIpc) is 3.37. The third-order valence-electron chi connectivity index (χ3n) is 9.81. The van der Waals surface area contributed by atoms with Crippen LogP contribution in [0.5, 0.6) is 0 Å². The van der Waals surface area contributed by atoms with Crippen LogP contribution in [-0.4, -0.2) is 55.2 Å². The van der Waals surface area contributed by atoms with Crippen molar-refractivity contribution in [3.05, 3.63) is 65.2 Å². The number of alkyl halides is 7. The molecular weight excluding hydrogens is 619 g/mol. The van der Waals surface area contributed by atoms with E-state index in [1.54, 1.807) is 13.0 Å². The van der Waals surface area contributed by atoms with Gasteiger partial charge in [0.05, 0.1) is 16.9 Å². The molecule has 2 fully saturated rings. The Morgan fingerprint density at radius 2 is 1.48 bits per heavy atom. The van der Waals surface area contributed by atoms with E-state index >= 15 is 4.39 Å². The molecule has 5 rings (SSSR count). The molecule has 14 heteroatoms. The summed E-state index contributed by atoms with van der Waals surface area (Å²) >= 11 is 0. The second-order valence-corrected chi connectivity index (χ2v) is 14.4. The Morgan fingerprint density at radius 3 is 2.02 bits per heavy atom. The molecule has 240 valence electrons. The first-order valence-electron chi connectivity index (χ1n) is 14.1. The molecule has 0 bridgehead atoms. The number of amides is 1. The van der Waals surface area contributed by atoms with Crippen LogP contribution in [0.15, 0.2) is 53.4 Å². The van der Waals surface area contributed by atoms with Crippen molar-refractivity contribution >= 4 is 21.7 Å². The fraction of sp³-hybridized carbons (Fsp3) is 0.533. The number of carboxylic acid groups (broad SMARTS) is 1. The topological polar surface area (TPSA) is 91.8 Å². The minimum atomic E-state index is -6.34. The van der Waals surface area contributed by atoms with Crippen molar-refractivity contribution in [2.45, 2.75) is 85.6 Å². The van der Waals surface area contributed by atoms with Crippen LogP contribution < -0.4 is 0 Å². The number of likely N-dealkylation sites (tertiary alicyclic amines) is 1. The van der Waals surface area contributed by atoms with Crippen molar-refractivity contribution in [2.75, 3.05) is 6.54 Å². The predicted molar refractivity (Wildman–Crippen MR) is 143 cm³/mol. The van der Waals surface area contributed by atoms with Crippen molar-refractivity contribution in [2.24, 2.45) is 11.3 Å². The Hall–Kier alpha value is -3.16. The number of sulfone groups is 1. The lowest BCUT2D eigenvalue weighted by Crippen LogP contribution is -2.55. The molecule has 2 aliphatic carbocycles. The van der Waals surface area contributed by atoms with Crippen LogP contribution in [0, 0.1) is 11.3 Å². The van der Waals surface area contributed by atoms with Crippen LogP contribution in [0.25, 0.3) is 0 Å². The van der Waals surface area contributed by atoms with E-state index < -0.39 is 61.5 Å². The van der Waals surface area contributed by atoms with Crippen LogP contribution in [-0.2, 0) is 36.3 Å². The Kier molecular flexibility index (Phi) is 7.66. The van der Waals surface area contributed by atoms with Crippen LogP contribution >= 0.6 is 0 Å². The summed E-state index contributed by atoms with van der Waals surface area (Å²) < 4.78 is 123. The van der Waals surface area contributed by atoms with Gasteiger partial charge in [-0.1, -0.05) is 43.3 Å². The number of aryl methyl sites for hydroxylation is 1. The minimum Gasteiger partial charge on any atom is -0.481 e. The van der Waals surface area contributed by atoms with E-state index in [0.29, 0.717) is 12.1 Å². The Bertz CT molecular complexity index is 1550. The normalized spacial score (nSPS) is 27.9. The second-order valence-electron chi connectivity index (χ2n) is 12.2. The molecule has 0 radical (unpaired) electrons. The highest BCUT2D eigenvalue weighted by molar-refractivity contribution is 7.92. The maximum atomic E-state index is 15.0. The molecule has 1 heterocycles. The summed E-state index contributed by atoms with van der Waals surface area (Å²) in [6.07, 6.45) is -12.2. The number of aliphatic carboxylic acids is 1. The number of fused-ring (bicyclic) bond motifs is 3. The average molecular weight is 650 g/mol. The number of hydrogen-bond donors (Lipinski definition) is 1. The number of rotatable bonds is 5. The fourth-order valence-corrected chi connectivity index (χ4v) is 9.73. The van der Waals surface area contributed by atoms with E-state index in [1.165, 1.54) is 29.2 Å². The van der Waals surface area contributed by atoms with E-state index in [4.69, 9.17) is 0 Å². The van der Waals surface area contributed by atoms with Gasteiger partial charge >= 0.3 is 24.0 Å². The first-order chi connectivity index (χ1) is 20.3. The molecular formula is C30H30F7NO5S. The fourth-order valence-electron chi connectivity index (χ4n) is 7.35. The maximum absolute atomic E-state index is 15.0. The largest absolute Gasteiger partial charge is 0.481 e.